The third-order valence-corrected chi connectivity index (χ3v) is 21.9. The Morgan fingerprint density at radius 2 is 0.776 bits per heavy atom. The molecule has 2 rings (SSSR count). The molecule has 0 saturated carbocycles. The first-order valence-corrected chi connectivity index (χ1v) is 32.6. The van der Waals surface area contributed by atoms with Gasteiger partial charge >= 0.3 is 20.5 Å². The van der Waals surface area contributed by atoms with Crippen molar-refractivity contribution >= 4 is 65.6 Å². The fourth-order valence-corrected chi connectivity index (χ4v) is 21.7. The maximum absolute atomic E-state index is 13.3. The maximum Gasteiger partial charge on any atom is 0.324 e. The summed E-state index contributed by atoms with van der Waals surface area (Å²) in [6.07, 6.45) is 1.36. The van der Waals surface area contributed by atoms with Gasteiger partial charge in [-0.05, 0) is 140 Å². The van der Waals surface area contributed by atoms with Crippen LogP contribution in [0.5, 0.6) is 0 Å². The Morgan fingerprint density at radius 1 is 0.510 bits per heavy atom. The lowest BCUT2D eigenvalue weighted by atomic mass is 10.1. The third-order valence-electron chi connectivity index (χ3n) is 7.69. The van der Waals surface area contributed by atoms with Crippen LogP contribution in [-0.4, -0.2) is 76.9 Å². The van der Waals surface area contributed by atoms with Crippen LogP contribution in [0.15, 0.2) is 48.5 Å². The molecule has 0 aliphatic carbocycles. The highest BCUT2D eigenvalue weighted by atomic mass is 28.5. The first-order chi connectivity index (χ1) is 22.3. The van der Waals surface area contributed by atoms with Gasteiger partial charge in [0.05, 0.1) is 11.1 Å². The van der Waals surface area contributed by atoms with Gasteiger partial charge in [-0.15, -0.1) is 0 Å². The molecule has 0 heterocycles. The van der Waals surface area contributed by atoms with E-state index < -0.39 is 41.8 Å². The molecule has 0 aromatic heterocycles. The van der Waals surface area contributed by atoms with Crippen molar-refractivity contribution in [3.8, 4) is 0 Å². The summed E-state index contributed by atoms with van der Waals surface area (Å²) in [6.45, 7) is 28.1. The van der Waals surface area contributed by atoms with Crippen molar-refractivity contribution in [1.29, 1.82) is 0 Å². The number of hydrogen-bond acceptors (Lipinski definition) is 8. The van der Waals surface area contributed by atoms with Crippen LogP contribution in [-0.2, 0) is 17.1 Å². The second-order valence-corrected chi connectivity index (χ2v) is 36.9. The normalized spacial score (nSPS) is 14.0. The number of rotatable bonds is 16. The van der Waals surface area contributed by atoms with Gasteiger partial charge in [0.1, 0.15) is 0 Å². The number of hydrogen-bond donors (Lipinski definition) is 2. The van der Waals surface area contributed by atoms with Gasteiger partial charge in [0.2, 0.25) is 16.6 Å². The second kappa shape index (κ2) is 16.6. The summed E-state index contributed by atoms with van der Waals surface area (Å²) in [7, 11) is -11.9. The Balaban J connectivity index is 2.09. The molecule has 0 aliphatic heterocycles. The van der Waals surface area contributed by atoms with E-state index in [1.807, 2.05) is 66.2 Å². The van der Waals surface area contributed by atoms with Crippen LogP contribution >= 0.6 is 0 Å². The fraction of sp³-hybridized carbons (Fsp3) is 0.529. The van der Waals surface area contributed by atoms with Crippen LogP contribution in [0.3, 0.4) is 0 Å². The smallest absolute Gasteiger partial charge is 0.324 e. The van der Waals surface area contributed by atoms with Crippen molar-refractivity contribution in [1.82, 2.24) is 10.6 Å². The van der Waals surface area contributed by atoms with Crippen molar-refractivity contribution in [2.24, 2.45) is 0 Å². The molecule has 272 valence electrons. The molecule has 2 atom stereocenters. The minimum Gasteiger partial charge on any atom is -0.516 e. The van der Waals surface area contributed by atoms with Crippen LogP contribution < -0.4 is 10.6 Å². The van der Waals surface area contributed by atoms with Gasteiger partial charge in [0.15, 0.2) is 16.6 Å². The highest BCUT2D eigenvalue weighted by molar-refractivity contribution is 6.88. The van der Waals surface area contributed by atoms with Gasteiger partial charge in [-0.1, -0.05) is 13.8 Å². The molecule has 0 radical (unpaired) electrons. The van der Waals surface area contributed by atoms with Gasteiger partial charge in [0, 0.05) is 22.5 Å². The minimum atomic E-state index is -2.75. The quantitative estimate of drug-likeness (QED) is 0.167. The lowest BCUT2D eigenvalue weighted by molar-refractivity contribution is 0.0714. The molecular weight excluding hydrogens is 705 g/mol. The van der Waals surface area contributed by atoms with Crippen molar-refractivity contribution in [3.63, 3.8) is 0 Å². The second-order valence-electron chi connectivity index (χ2n) is 15.8. The standard InChI is InChI=1S/C34H58N2O8Si5/c1-15-29(35-31(37)25-17-21-27(22-18-25)33(39)41-45(3,4)5)47(9,10)43-49(13,14)44-48(11,12)30(16-2)36-32(38)26-19-23-28(24-20-26)34(40)42-46(6,7)8/h17-24,29-30H,15-16H2,1-14H3,(H,35,37)(H,36,38). The lowest BCUT2D eigenvalue weighted by Crippen LogP contribution is -2.64. The lowest BCUT2D eigenvalue weighted by Gasteiger charge is -2.43. The molecule has 15 heteroatoms. The molecule has 0 fully saturated rings. The van der Waals surface area contributed by atoms with Crippen LogP contribution in [0.2, 0.25) is 78.6 Å². The number of carbonyl (C=O) groups excluding carboxylic acids is 4. The van der Waals surface area contributed by atoms with E-state index in [1.165, 1.54) is 0 Å². The van der Waals surface area contributed by atoms with Crippen molar-refractivity contribution < 1.29 is 36.3 Å². The Bertz CT molecular complexity index is 1360. The molecule has 0 bridgehead atoms. The first kappa shape index (κ1) is 42.5. The van der Waals surface area contributed by atoms with E-state index in [9.17, 15) is 19.2 Å². The SMILES string of the molecule is CCC(NC(=O)c1ccc(C(=O)O[Si](C)(C)C)cc1)[Si](C)(C)O[Si](C)(C)O[Si](C)(C)C(CC)NC(=O)c1ccc(C(=O)O[Si](C)(C)C)cc1. The highest BCUT2D eigenvalue weighted by Gasteiger charge is 2.46. The van der Waals surface area contributed by atoms with Gasteiger partial charge in [-0.3, -0.25) is 9.59 Å². The van der Waals surface area contributed by atoms with E-state index in [4.69, 9.17) is 17.1 Å². The average Bonchev–Trinajstić information content (AvgIpc) is 2.95. The summed E-state index contributed by atoms with van der Waals surface area (Å²) in [5.74, 6) is -1.21. The third kappa shape index (κ3) is 13.5. The van der Waals surface area contributed by atoms with Crippen LogP contribution in [0.25, 0.3) is 0 Å². The monoisotopic (exact) mass is 762 g/mol. The van der Waals surface area contributed by atoms with Crippen molar-refractivity contribution in [3.05, 3.63) is 70.8 Å². The predicted octanol–water partition coefficient (Wildman–Crippen LogP) is 7.61. The van der Waals surface area contributed by atoms with E-state index in [1.54, 1.807) is 48.5 Å². The Kier molecular flexibility index (Phi) is 14.4. The Hall–Kier alpha value is -2.68. The molecule has 2 aromatic rings. The average molecular weight is 763 g/mol. The maximum atomic E-state index is 13.3. The summed E-state index contributed by atoms with van der Waals surface area (Å²) >= 11 is 0. The molecule has 0 spiro atoms. The topological polar surface area (TPSA) is 129 Å². The van der Waals surface area contributed by atoms with Crippen molar-refractivity contribution in [2.45, 2.75) is 117 Å². The largest absolute Gasteiger partial charge is 0.516 e. The fourth-order valence-electron chi connectivity index (χ4n) is 5.64. The van der Waals surface area contributed by atoms with Crippen LogP contribution in [0.4, 0.5) is 0 Å². The number of benzene rings is 2. The van der Waals surface area contributed by atoms with Gasteiger partial charge in [0.25, 0.3) is 11.8 Å². The van der Waals surface area contributed by atoms with Gasteiger partial charge in [-0.2, -0.15) is 0 Å². The number of carbonyl (C=O) groups is 4. The van der Waals surface area contributed by atoms with E-state index in [-0.39, 0.29) is 35.1 Å². The van der Waals surface area contributed by atoms with Crippen LogP contribution in [0, 0.1) is 0 Å². The van der Waals surface area contributed by atoms with E-state index >= 15 is 0 Å². The molecular formula is C34H58N2O8Si5. The van der Waals surface area contributed by atoms with Gasteiger partial charge in [-0.25, -0.2) is 9.59 Å². The van der Waals surface area contributed by atoms with E-state index in [0.29, 0.717) is 35.1 Å². The molecule has 0 saturated heterocycles. The summed E-state index contributed by atoms with van der Waals surface area (Å²) < 4.78 is 24.9. The molecule has 2 aromatic carbocycles. The number of nitrogens with one attached hydrogen (secondary N) is 2. The molecule has 2 unspecified atom stereocenters. The molecule has 2 N–H and O–H groups in total. The van der Waals surface area contributed by atoms with E-state index in [2.05, 4.69) is 36.8 Å². The van der Waals surface area contributed by atoms with Crippen LogP contribution in [0.1, 0.15) is 68.1 Å². The summed E-state index contributed by atoms with van der Waals surface area (Å²) in [6, 6.07) is 13.1. The zero-order valence-electron chi connectivity index (χ0n) is 32.0. The first-order valence-electron chi connectivity index (χ1n) is 17.0. The number of amides is 2. The summed E-state index contributed by atoms with van der Waals surface area (Å²) in [4.78, 5) is 51.5. The van der Waals surface area contributed by atoms with Gasteiger partial charge < -0.3 is 27.7 Å². The minimum absolute atomic E-state index is 0.190. The zero-order valence-corrected chi connectivity index (χ0v) is 37.0. The molecule has 10 nitrogen and oxygen atoms in total. The summed E-state index contributed by atoms with van der Waals surface area (Å²) in [5, 5.41) is 6.36. The zero-order chi connectivity index (χ0) is 37.6. The Labute approximate surface area is 298 Å². The Morgan fingerprint density at radius 3 is 1.02 bits per heavy atom. The van der Waals surface area contributed by atoms with E-state index in [0.717, 1.165) is 0 Å². The summed E-state index contributed by atoms with van der Waals surface area (Å²) in [5.41, 5.74) is 1.36. The highest BCUT2D eigenvalue weighted by Crippen LogP contribution is 2.26. The molecule has 2 amide bonds. The molecule has 49 heavy (non-hydrogen) atoms. The van der Waals surface area contributed by atoms with Crippen molar-refractivity contribution in [2.75, 3.05) is 0 Å². The predicted molar refractivity (Wildman–Crippen MR) is 208 cm³/mol. The molecule has 0 aliphatic rings.